The molecule has 0 unspecified atom stereocenters. The number of unbranched alkanes of at least 4 members (excludes halogenated alkanes) is 20. The van der Waals surface area contributed by atoms with Crippen molar-refractivity contribution in [3.8, 4) is 0 Å². The standard InChI is InChI=1S/C31H59NO5/c1-3-5-7-9-11-13-15-16-18-20-22-24-26-37-31(36)28(27-30(34)35)32-29(33)25-23-21-19-17-14-12-10-8-6-4-2/h28H,3-27H2,1-2H3,(H,32,33)(H,34,35)/t28-/m0/s1. The first kappa shape index (κ1) is 35.4. The Bertz CT molecular complexity index is 552. The summed E-state index contributed by atoms with van der Waals surface area (Å²) in [6, 6.07) is -1.11. The zero-order chi connectivity index (χ0) is 27.4. The fourth-order valence-electron chi connectivity index (χ4n) is 4.62. The van der Waals surface area contributed by atoms with Crippen molar-refractivity contribution in [2.75, 3.05) is 6.61 Å². The van der Waals surface area contributed by atoms with Crippen LogP contribution in [0.25, 0.3) is 0 Å². The molecule has 6 heteroatoms. The first-order valence-electron chi connectivity index (χ1n) is 15.7. The van der Waals surface area contributed by atoms with Gasteiger partial charge in [0.1, 0.15) is 6.04 Å². The van der Waals surface area contributed by atoms with Crippen LogP contribution in [0.3, 0.4) is 0 Å². The van der Waals surface area contributed by atoms with Gasteiger partial charge in [-0.1, -0.05) is 142 Å². The first-order valence-corrected chi connectivity index (χ1v) is 15.7. The molecular formula is C31H59NO5. The molecule has 0 saturated carbocycles. The van der Waals surface area contributed by atoms with Gasteiger partial charge in [-0.3, -0.25) is 9.59 Å². The van der Waals surface area contributed by atoms with Crippen LogP contribution in [-0.2, 0) is 19.1 Å². The number of nitrogens with one attached hydrogen (secondary N) is 1. The number of amides is 1. The van der Waals surface area contributed by atoms with Crippen molar-refractivity contribution in [3.63, 3.8) is 0 Å². The van der Waals surface area contributed by atoms with E-state index in [0.29, 0.717) is 6.42 Å². The third-order valence-electron chi connectivity index (χ3n) is 7.00. The summed E-state index contributed by atoms with van der Waals surface area (Å²) in [6.45, 7) is 4.75. The van der Waals surface area contributed by atoms with Gasteiger partial charge >= 0.3 is 11.9 Å². The number of rotatable bonds is 28. The highest BCUT2D eigenvalue weighted by Crippen LogP contribution is 2.13. The topological polar surface area (TPSA) is 92.7 Å². The zero-order valence-electron chi connectivity index (χ0n) is 24.3. The van der Waals surface area contributed by atoms with Crippen LogP contribution in [0.5, 0.6) is 0 Å². The summed E-state index contributed by atoms with van der Waals surface area (Å²) in [5.74, 6) is -2.03. The third-order valence-corrected chi connectivity index (χ3v) is 7.00. The number of hydrogen-bond acceptors (Lipinski definition) is 4. The van der Waals surface area contributed by atoms with Gasteiger partial charge in [0.25, 0.3) is 0 Å². The van der Waals surface area contributed by atoms with E-state index < -0.39 is 24.4 Å². The molecule has 0 bridgehead atoms. The van der Waals surface area contributed by atoms with E-state index >= 15 is 0 Å². The number of esters is 1. The van der Waals surface area contributed by atoms with Gasteiger partial charge in [-0.2, -0.15) is 0 Å². The molecule has 0 aromatic carbocycles. The van der Waals surface area contributed by atoms with Gasteiger partial charge in [0, 0.05) is 6.42 Å². The minimum Gasteiger partial charge on any atom is -0.481 e. The van der Waals surface area contributed by atoms with E-state index in [-0.39, 0.29) is 12.5 Å². The van der Waals surface area contributed by atoms with Crippen molar-refractivity contribution in [1.82, 2.24) is 5.32 Å². The minimum absolute atomic E-state index is 0.270. The second-order valence-corrected chi connectivity index (χ2v) is 10.7. The highest BCUT2D eigenvalue weighted by atomic mass is 16.5. The molecule has 1 atom stereocenters. The van der Waals surface area contributed by atoms with Gasteiger partial charge in [-0.25, -0.2) is 4.79 Å². The predicted molar refractivity (Wildman–Crippen MR) is 153 cm³/mol. The largest absolute Gasteiger partial charge is 0.481 e. The van der Waals surface area contributed by atoms with Crippen LogP contribution >= 0.6 is 0 Å². The summed E-state index contributed by atoms with van der Waals surface area (Å²) in [6.07, 6.45) is 26.4. The van der Waals surface area contributed by atoms with Crippen LogP contribution in [0.15, 0.2) is 0 Å². The van der Waals surface area contributed by atoms with Crippen molar-refractivity contribution >= 4 is 17.8 Å². The quantitative estimate of drug-likeness (QED) is 0.0789. The third kappa shape index (κ3) is 25.8. The second kappa shape index (κ2) is 27.4. The van der Waals surface area contributed by atoms with Crippen molar-refractivity contribution < 1.29 is 24.2 Å². The minimum atomic E-state index is -1.12. The molecule has 0 aromatic rings. The van der Waals surface area contributed by atoms with Crippen molar-refractivity contribution in [3.05, 3.63) is 0 Å². The fraction of sp³-hybridized carbons (Fsp3) is 0.903. The molecule has 0 radical (unpaired) electrons. The van der Waals surface area contributed by atoms with E-state index in [2.05, 4.69) is 19.2 Å². The van der Waals surface area contributed by atoms with E-state index in [0.717, 1.165) is 38.5 Å². The number of carboxylic acid groups (broad SMARTS) is 1. The molecule has 0 rings (SSSR count). The molecule has 0 aromatic heterocycles. The Balaban J connectivity index is 3.84. The summed E-state index contributed by atoms with van der Waals surface area (Å²) in [7, 11) is 0. The lowest BCUT2D eigenvalue weighted by atomic mass is 10.1. The number of carbonyl (C=O) groups is 3. The van der Waals surface area contributed by atoms with Gasteiger partial charge in [0.05, 0.1) is 13.0 Å². The lowest BCUT2D eigenvalue weighted by Gasteiger charge is -2.16. The molecule has 0 aliphatic carbocycles. The molecule has 6 nitrogen and oxygen atoms in total. The fourth-order valence-corrected chi connectivity index (χ4v) is 4.62. The van der Waals surface area contributed by atoms with Crippen LogP contribution in [0.4, 0.5) is 0 Å². The summed E-state index contributed by atoms with van der Waals surface area (Å²) < 4.78 is 5.29. The zero-order valence-corrected chi connectivity index (χ0v) is 24.3. The Hall–Kier alpha value is -1.59. The predicted octanol–water partition coefficient (Wildman–Crippen LogP) is 8.50. The molecule has 2 N–H and O–H groups in total. The van der Waals surface area contributed by atoms with E-state index in [9.17, 15) is 14.4 Å². The summed E-state index contributed by atoms with van der Waals surface area (Å²) in [4.78, 5) is 35.8. The molecule has 1 amide bonds. The van der Waals surface area contributed by atoms with Crippen molar-refractivity contribution in [1.29, 1.82) is 0 Å². The van der Waals surface area contributed by atoms with Gasteiger partial charge in [0.2, 0.25) is 5.91 Å². The Kier molecular flexibility index (Phi) is 26.3. The van der Waals surface area contributed by atoms with Gasteiger partial charge in [-0.05, 0) is 12.8 Å². The van der Waals surface area contributed by atoms with Crippen LogP contribution < -0.4 is 5.32 Å². The van der Waals surface area contributed by atoms with E-state index in [1.807, 2.05) is 0 Å². The maximum absolute atomic E-state index is 12.4. The van der Waals surface area contributed by atoms with Crippen LogP contribution in [0.2, 0.25) is 0 Å². The SMILES string of the molecule is CCCCCCCCCCCCCCOC(=O)[C@H](CC(=O)O)NC(=O)CCCCCCCCCCCC. The highest BCUT2D eigenvalue weighted by molar-refractivity contribution is 5.87. The Labute approximate surface area is 228 Å². The number of aliphatic carboxylic acids is 1. The number of hydrogen-bond donors (Lipinski definition) is 2. The lowest BCUT2D eigenvalue weighted by Crippen LogP contribution is -2.43. The van der Waals surface area contributed by atoms with E-state index in [1.54, 1.807) is 0 Å². The molecule has 0 spiro atoms. The van der Waals surface area contributed by atoms with Gasteiger partial charge in [0.15, 0.2) is 0 Å². The molecule has 0 aliphatic rings. The average Bonchev–Trinajstić information content (AvgIpc) is 2.87. The Morgan fingerprint density at radius 1 is 0.595 bits per heavy atom. The van der Waals surface area contributed by atoms with E-state index in [1.165, 1.54) is 103 Å². The Morgan fingerprint density at radius 2 is 0.973 bits per heavy atom. The average molecular weight is 526 g/mol. The number of carboxylic acids is 1. The number of ether oxygens (including phenoxy) is 1. The molecular weight excluding hydrogens is 466 g/mol. The Morgan fingerprint density at radius 3 is 1.38 bits per heavy atom. The number of carbonyl (C=O) groups excluding carboxylic acids is 2. The smallest absolute Gasteiger partial charge is 0.329 e. The maximum atomic E-state index is 12.4. The highest BCUT2D eigenvalue weighted by Gasteiger charge is 2.24. The maximum Gasteiger partial charge on any atom is 0.329 e. The molecule has 0 aliphatic heterocycles. The summed E-state index contributed by atoms with van der Waals surface area (Å²) in [5, 5.41) is 11.7. The van der Waals surface area contributed by atoms with Crippen LogP contribution in [0.1, 0.15) is 168 Å². The summed E-state index contributed by atoms with van der Waals surface area (Å²) in [5.41, 5.74) is 0. The second-order valence-electron chi connectivity index (χ2n) is 10.7. The molecule has 0 fully saturated rings. The molecule has 218 valence electrons. The lowest BCUT2D eigenvalue weighted by molar-refractivity contribution is -0.151. The van der Waals surface area contributed by atoms with Crippen LogP contribution in [-0.4, -0.2) is 35.6 Å². The van der Waals surface area contributed by atoms with E-state index in [4.69, 9.17) is 9.84 Å². The summed E-state index contributed by atoms with van der Waals surface area (Å²) >= 11 is 0. The molecule has 0 heterocycles. The van der Waals surface area contributed by atoms with Gasteiger partial charge in [-0.15, -0.1) is 0 Å². The molecule has 37 heavy (non-hydrogen) atoms. The molecule has 0 saturated heterocycles. The normalized spacial score (nSPS) is 11.8. The monoisotopic (exact) mass is 525 g/mol. The van der Waals surface area contributed by atoms with Crippen molar-refractivity contribution in [2.24, 2.45) is 0 Å². The van der Waals surface area contributed by atoms with Gasteiger partial charge < -0.3 is 15.2 Å². The van der Waals surface area contributed by atoms with Crippen LogP contribution in [0, 0.1) is 0 Å². The first-order chi connectivity index (χ1) is 18.0. The van der Waals surface area contributed by atoms with Crippen molar-refractivity contribution in [2.45, 2.75) is 174 Å².